The quantitative estimate of drug-likeness (QED) is 0.172. The van der Waals surface area contributed by atoms with E-state index in [-0.39, 0.29) is 29.4 Å². The summed E-state index contributed by atoms with van der Waals surface area (Å²) in [6.45, 7) is 0.282. The van der Waals surface area contributed by atoms with Crippen LogP contribution in [0.2, 0.25) is 0 Å². The monoisotopic (exact) mass is 622 g/mol. The molecule has 1 aliphatic rings. The van der Waals surface area contributed by atoms with E-state index in [0.717, 1.165) is 5.69 Å². The highest BCUT2D eigenvalue weighted by Crippen LogP contribution is 2.38. The predicted molar refractivity (Wildman–Crippen MR) is 136 cm³/mol. The lowest BCUT2D eigenvalue weighted by atomic mass is 9.99. The normalized spacial score (nSPS) is 16.5. The molecule has 1 aliphatic heterocycles. The Morgan fingerprint density at radius 2 is 2.17 bits per heavy atom. The standard InChI is InChI=1S/C22H18F2IN8O2P/c1-30-8-13(26-9-30)21-28-17(20(24)25)19(35-21)22(34)31-6-4-14-16(27-10-33(14)36)18(31)12-7-15-11(23)3-2-5-32(15)29-12/h2-3,5,7-10,18,20H,4,6,36H2,1H3/t18-,20?/m1/s1. The van der Waals surface area contributed by atoms with Crippen molar-refractivity contribution in [3.8, 4) is 11.6 Å². The fourth-order valence-electron chi connectivity index (χ4n) is 4.44. The van der Waals surface area contributed by atoms with Gasteiger partial charge in [0.25, 0.3) is 5.91 Å². The molecule has 0 N–H and O–H groups in total. The Morgan fingerprint density at radius 3 is 2.89 bits per heavy atom. The van der Waals surface area contributed by atoms with Gasteiger partial charge < -0.3 is 18.2 Å². The number of fused-ring (bicyclic) bond motifs is 2. The lowest BCUT2D eigenvalue weighted by molar-refractivity contribution is 0.0652. The highest BCUT2D eigenvalue weighted by Gasteiger charge is 2.40. The molecule has 0 radical (unpaired) electrons. The van der Waals surface area contributed by atoms with Crippen LogP contribution < -0.4 is 0 Å². The van der Waals surface area contributed by atoms with E-state index in [4.69, 9.17) is 4.42 Å². The second-order valence-corrected chi connectivity index (χ2v) is 10.00. The van der Waals surface area contributed by atoms with Crippen molar-refractivity contribution in [2.45, 2.75) is 16.6 Å². The van der Waals surface area contributed by atoms with Crippen molar-refractivity contribution < 1.29 is 18.0 Å². The smallest absolute Gasteiger partial charge is 0.292 e. The lowest BCUT2D eigenvalue weighted by Crippen LogP contribution is -2.41. The van der Waals surface area contributed by atoms with Crippen LogP contribution in [0, 0.1) is 5.82 Å². The number of rotatable bonds is 4. The zero-order valence-corrected chi connectivity index (χ0v) is 22.0. The van der Waals surface area contributed by atoms with Gasteiger partial charge in [0.1, 0.15) is 28.8 Å². The highest BCUT2D eigenvalue weighted by atomic mass is 127. The van der Waals surface area contributed by atoms with Gasteiger partial charge >= 0.3 is 0 Å². The van der Waals surface area contributed by atoms with Gasteiger partial charge in [0.2, 0.25) is 11.7 Å². The van der Waals surface area contributed by atoms with E-state index in [2.05, 4.69) is 29.4 Å². The predicted octanol–water partition coefficient (Wildman–Crippen LogP) is 3.89. The van der Waals surface area contributed by atoms with Crippen LogP contribution in [-0.4, -0.2) is 50.8 Å². The number of amides is 1. The molecule has 0 saturated heterocycles. The van der Waals surface area contributed by atoms with Gasteiger partial charge in [0.05, 0.1) is 24.0 Å². The fourth-order valence-corrected chi connectivity index (χ4v) is 5.19. The maximum absolute atomic E-state index is 14.6. The van der Waals surface area contributed by atoms with E-state index in [0.29, 0.717) is 23.5 Å². The molecule has 6 rings (SSSR count). The van der Waals surface area contributed by atoms with Crippen molar-refractivity contribution in [2.24, 2.45) is 7.05 Å². The summed E-state index contributed by atoms with van der Waals surface area (Å²) in [5, 5.41) is 4.54. The van der Waals surface area contributed by atoms with Crippen molar-refractivity contribution in [2.75, 3.05) is 6.54 Å². The number of hydrogen-bond acceptors (Lipinski definition) is 6. The van der Waals surface area contributed by atoms with Crippen molar-refractivity contribution in [3.05, 3.63) is 77.6 Å². The number of halogens is 3. The van der Waals surface area contributed by atoms with Crippen LogP contribution in [0.4, 0.5) is 8.78 Å². The molecule has 0 spiro atoms. The molecule has 0 bridgehead atoms. The average Bonchev–Trinajstić information content (AvgIpc) is 3.63. The molecule has 3 atom stereocenters. The molecule has 10 nitrogen and oxygen atoms in total. The largest absolute Gasteiger partial charge is 0.429 e. The van der Waals surface area contributed by atoms with Gasteiger partial charge in [-0.1, -0.05) is 0 Å². The molecule has 36 heavy (non-hydrogen) atoms. The number of nitrogens with zero attached hydrogens (tertiary/aromatic N) is 8. The topological polar surface area (TPSA) is 99.3 Å². The zero-order chi connectivity index (χ0) is 25.1. The van der Waals surface area contributed by atoms with Crippen molar-refractivity contribution >= 4 is 43.4 Å². The van der Waals surface area contributed by atoms with Gasteiger partial charge in [0, 0.05) is 38.1 Å². The number of pyridine rings is 1. The van der Waals surface area contributed by atoms with E-state index in [1.165, 1.54) is 15.5 Å². The van der Waals surface area contributed by atoms with Gasteiger partial charge in [-0.25, -0.2) is 28.2 Å². The molecule has 184 valence electrons. The number of carbonyl (C=O) groups is 1. The Hall–Kier alpha value is -3.19. The van der Waals surface area contributed by atoms with E-state index in [1.54, 1.807) is 71.4 Å². The Bertz CT molecular complexity index is 1620. The summed E-state index contributed by atoms with van der Waals surface area (Å²) in [6.07, 6.45) is 6.99. The van der Waals surface area contributed by atoms with Gasteiger partial charge in [-0.05, 0) is 50.2 Å². The Labute approximate surface area is 218 Å². The van der Waals surface area contributed by atoms with Crippen LogP contribution in [0.15, 0.2) is 47.7 Å². The maximum atomic E-state index is 14.6. The van der Waals surface area contributed by atoms with E-state index >= 15 is 0 Å². The number of aryl methyl sites for hydroxylation is 1. The third-order valence-corrected chi connectivity index (χ3v) is 7.11. The van der Waals surface area contributed by atoms with E-state index in [9.17, 15) is 13.6 Å². The summed E-state index contributed by atoms with van der Waals surface area (Å²) < 4.78 is 38.2. The van der Waals surface area contributed by atoms with Crippen LogP contribution >= 0.6 is 32.0 Å². The van der Waals surface area contributed by atoms with Crippen LogP contribution in [0.25, 0.3) is 17.1 Å². The minimum absolute atomic E-state index is 0.0477. The second-order valence-electron chi connectivity index (χ2n) is 8.35. The number of carbonyl (C=O) groups excluding carboxylic acids is 1. The van der Waals surface area contributed by atoms with Crippen molar-refractivity contribution in [1.82, 2.24) is 38.4 Å². The van der Waals surface area contributed by atoms with E-state index in [1.807, 2.05) is 4.34 Å². The number of alkyl halides is 2. The van der Waals surface area contributed by atoms with Gasteiger partial charge in [0.15, 0.2) is 4.18 Å². The first-order valence-corrected chi connectivity index (χ1v) is 12.6. The molecule has 0 aliphatic carbocycles. The molecule has 2 unspecified atom stereocenters. The Kier molecular flexibility index (Phi) is 5.63. The molecular formula is C22H18F2IN8O2P. The summed E-state index contributed by atoms with van der Waals surface area (Å²) in [5.74, 6) is -1.17. The first-order valence-electron chi connectivity index (χ1n) is 10.8. The minimum atomic E-state index is -1.59. The summed E-state index contributed by atoms with van der Waals surface area (Å²) in [4.78, 5) is 28.4. The van der Waals surface area contributed by atoms with Crippen LogP contribution in [0.3, 0.4) is 0 Å². The van der Waals surface area contributed by atoms with E-state index < -0.39 is 21.9 Å². The van der Waals surface area contributed by atoms with Crippen molar-refractivity contribution in [3.63, 3.8) is 0 Å². The van der Waals surface area contributed by atoms with Crippen LogP contribution in [0.1, 0.15) is 43.6 Å². The molecule has 5 aromatic rings. The third kappa shape index (κ3) is 3.72. The molecular weight excluding hydrogens is 604 g/mol. The van der Waals surface area contributed by atoms with Crippen LogP contribution in [-0.2, 0) is 13.5 Å². The fraction of sp³-hybridized carbons (Fsp3) is 0.227. The van der Waals surface area contributed by atoms with Gasteiger partial charge in [-0.2, -0.15) is 5.10 Å². The maximum Gasteiger partial charge on any atom is 0.292 e. The van der Waals surface area contributed by atoms with Crippen molar-refractivity contribution in [1.29, 1.82) is 0 Å². The molecule has 5 aromatic heterocycles. The summed E-state index contributed by atoms with van der Waals surface area (Å²) in [6, 6.07) is 3.74. The Morgan fingerprint density at radius 1 is 1.33 bits per heavy atom. The van der Waals surface area contributed by atoms with Gasteiger partial charge in [-0.15, -0.1) is 0 Å². The molecule has 6 heterocycles. The van der Waals surface area contributed by atoms with Gasteiger partial charge in [-0.3, -0.25) is 4.79 Å². The average molecular weight is 622 g/mol. The number of imidazole rings is 2. The Balaban J connectivity index is 1.47. The lowest BCUT2D eigenvalue weighted by Gasteiger charge is -2.33. The highest BCUT2D eigenvalue weighted by molar-refractivity contribution is 14.1. The number of hydrogen-bond donors (Lipinski definition) is 0. The first kappa shape index (κ1) is 23.2. The van der Waals surface area contributed by atoms with Crippen LogP contribution in [0.5, 0.6) is 0 Å². The molecule has 0 fully saturated rings. The number of aromatic nitrogens is 7. The second kappa shape index (κ2) is 8.73. The molecule has 0 saturated carbocycles. The minimum Gasteiger partial charge on any atom is -0.429 e. The first-order chi connectivity index (χ1) is 17.3. The summed E-state index contributed by atoms with van der Waals surface area (Å²) >= 11 is 1.55. The molecule has 14 heteroatoms. The molecule has 0 aromatic carbocycles. The third-order valence-electron chi connectivity index (χ3n) is 6.08. The summed E-state index contributed by atoms with van der Waals surface area (Å²) in [7, 11) is 4.35. The zero-order valence-electron chi connectivity index (χ0n) is 18.7. The SMILES string of the molecule is Cn1cnc(-c2nc(C(F)I)c(C(=O)N3CCc4c(ncn4P)[C@H]3c3cc4c(F)cccn4n3)o2)c1. The summed E-state index contributed by atoms with van der Waals surface area (Å²) in [5.41, 5.74) is 2.46. The molecule has 1 amide bonds. The number of oxazole rings is 1.